The molecule has 1 N–H and O–H groups in total. The van der Waals surface area contributed by atoms with Crippen molar-refractivity contribution >= 4 is 11.6 Å². The minimum absolute atomic E-state index is 0.0291. The second-order valence-corrected chi connectivity index (χ2v) is 6.89. The molecular formula is C19H29N3O3. The van der Waals surface area contributed by atoms with Crippen molar-refractivity contribution in [3.05, 3.63) is 18.2 Å². The maximum absolute atomic E-state index is 12.3. The number of hydrogen-bond acceptors (Lipinski definition) is 5. The van der Waals surface area contributed by atoms with E-state index in [1.54, 1.807) is 32.4 Å². The van der Waals surface area contributed by atoms with Crippen LogP contribution in [0.5, 0.6) is 11.5 Å². The Hall–Kier alpha value is -1.79. The van der Waals surface area contributed by atoms with Crippen LogP contribution in [0.3, 0.4) is 0 Å². The standard InChI is InChI=1S/C19H29N3O3/c1-24-17-11-15(12-18(13-17)25-2)20-19(23)6-8-21-9-10-22-7-4-3-5-16(22)14-21/h11-13,16H,3-10,14H2,1-2H3,(H,20,23)/t16-/m1/s1. The third kappa shape index (κ3) is 4.86. The van der Waals surface area contributed by atoms with Gasteiger partial charge in [0.25, 0.3) is 0 Å². The van der Waals surface area contributed by atoms with E-state index in [-0.39, 0.29) is 5.91 Å². The molecule has 3 rings (SSSR count). The van der Waals surface area contributed by atoms with E-state index in [0.717, 1.165) is 26.2 Å². The lowest BCUT2D eigenvalue weighted by Crippen LogP contribution is -2.55. The van der Waals surface area contributed by atoms with Crippen molar-refractivity contribution in [3.63, 3.8) is 0 Å². The van der Waals surface area contributed by atoms with Gasteiger partial charge in [0.2, 0.25) is 5.91 Å². The summed E-state index contributed by atoms with van der Waals surface area (Å²) in [5.41, 5.74) is 0.707. The number of fused-ring (bicyclic) bond motifs is 1. The molecule has 0 saturated carbocycles. The van der Waals surface area contributed by atoms with Crippen molar-refractivity contribution in [1.82, 2.24) is 9.80 Å². The van der Waals surface area contributed by atoms with Crippen molar-refractivity contribution < 1.29 is 14.3 Å². The van der Waals surface area contributed by atoms with Crippen LogP contribution >= 0.6 is 0 Å². The van der Waals surface area contributed by atoms with Crippen LogP contribution in [-0.2, 0) is 4.79 Å². The number of ether oxygens (including phenoxy) is 2. The number of benzene rings is 1. The van der Waals surface area contributed by atoms with Gasteiger partial charge in [-0.15, -0.1) is 0 Å². The van der Waals surface area contributed by atoms with Crippen LogP contribution in [0.1, 0.15) is 25.7 Å². The van der Waals surface area contributed by atoms with Crippen LogP contribution in [0.2, 0.25) is 0 Å². The highest BCUT2D eigenvalue weighted by atomic mass is 16.5. The number of nitrogens with zero attached hydrogens (tertiary/aromatic N) is 2. The van der Waals surface area contributed by atoms with E-state index in [0.29, 0.717) is 29.6 Å². The van der Waals surface area contributed by atoms with Crippen LogP contribution in [0.25, 0.3) is 0 Å². The van der Waals surface area contributed by atoms with E-state index in [1.165, 1.54) is 25.8 Å². The summed E-state index contributed by atoms with van der Waals surface area (Å²) in [6.07, 6.45) is 4.48. The van der Waals surface area contributed by atoms with Gasteiger partial charge in [-0.3, -0.25) is 14.6 Å². The van der Waals surface area contributed by atoms with Crippen LogP contribution in [0, 0.1) is 0 Å². The van der Waals surface area contributed by atoms with Crippen LogP contribution in [0.15, 0.2) is 18.2 Å². The zero-order valence-electron chi connectivity index (χ0n) is 15.3. The van der Waals surface area contributed by atoms with Crippen molar-refractivity contribution in [2.75, 3.05) is 52.3 Å². The normalized spacial score (nSPS) is 21.4. The van der Waals surface area contributed by atoms with Gasteiger partial charge in [-0.25, -0.2) is 0 Å². The average molecular weight is 347 g/mol. The summed E-state index contributed by atoms with van der Waals surface area (Å²) < 4.78 is 10.5. The van der Waals surface area contributed by atoms with Gasteiger partial charge in [-0.2, -0.15) is 0 Å². The van der Waals surface area contributed by atoms with E-state index in [1.807, 2.05) is 0 Å². The fraction of sp³-hybridized carbons (Fsp3) is 0.632. The number of methoxy groups -OCH3 is 2. The maximum atomic E-state index is 12.3. The molecule has 0 aromatic heterocycles. The largest absolute Gasteiger partial charge is 0.497 e. The number of piperidine rings is 1. The van der Waals surface area contributed by atoms with Crippen LogP contribution in [-0.4, -0.2) is 68.7 Å². The van der Waals surface area contributed by atoms with Gasteiger partial charge in [-0.05, 0) is 19.4 Å². The molecule has 2 aliphatic heterocycles. The molecule has 25 heavy (non-hydrogen) atoms. The molecule has 0 bridgehead atoms. The third-order valence-electron chi connectivity index (χ3n) is 5.21. The van der Waals surface area contributed by atoms with Gasteiger partial charge in [0.05, 0.1) is 14.2 Å². The summed E-state index contributed by atoms with van der Waals surface area (Å²) in [6, 6.07) is 6.09. The molecule has 138 valence electrons. The Balaban J connectivity index is 1.48. The predicted molar refractivity (Wildman–Crippen MR) is 98.4 cm³/mol. The highest BCUT2D eigenvalue weighted by Crippen LogP contribution is 2.26. The van der Waals surface area contributed by atoms with E-state index in [2.05, 4.69) is 15.1 Å². The minimum Gasteiger partial charge on any atom is -0.497 e. The molecule has 0 radical (unpaired) electrons. The third-order valence-corrected chi connectivity index (χ3v) is 5.21. The number of piperazine rings is 1. The maximum Gasteiger partial charge on any atom is 0.225 e. The summed E-state index contributed by atoms with van der Waals surface area (Å²) in [4.78, 5) is 17.3. The molecule has 1 amide bonds. The van der Waals surface area contributed by atoms with Crippen LogP contribution in [0.4, 0.5) is 5.69 Å². The summed E-state index contributed by atoms with van der Waals surface area (Å²) in [5, 5.41) is 2.95. The molecule has 1 aromatic carbocycles. The summed E-state index contributed by atoms with van der Waals surface area (Å²) in [7, 11) is 3.20. The zero-order valence-corrected chi connectivity index (χ0v) is 15.3. The Morgan fingerprint density at radius 1 is 1.12 bits per heavy atom. The fourth-order valence-electron chi connectivity index (χ4n) is 3.79. The first-order chi connectivity index (χ1) is 12.2. The highest BCUT2D eigenvalue weighted by molar-refractivity contribution is 5.91. The van der Waals surface area contributed by atoms with E-state index < -0.39 is 0 Å². The Bertz CT molecular complexity index is 571. The van der Waals surface area contributed by atoms with Crippen molar-refractivity contribution in [2.45, 2.75) is 31.7 Å². The van der Waals surface area contributed by atoms with Gasteiger partial charge in [0, 0.05) is 62.5 Å². The molecular weight excluding hydrogens is 318 g/mol. The van der Waals surface area contributed by atoms with Crippen molar-refractivity contribution in [2.24, 2.45) is 0 Å². The Labute approximate surface area is 150 Å². The number of anilines is 1. The SMILES string of the molecule is COc1cc(NC(=O)CCN2CCN3CCCC[C@@H]3C2)cc(OC)c1. The summed E-state index contributed by atoms with van der Waals surface area (Å²) in [5.74, 6) is 1.37. The molecule has 1 atom stereocenters. The van der Waals surface area contributed by atoms with Gasteiger partial charge in [0.1, 0.15) is 11.5 Å². The molecule has 6 heteroatoms. The number of amides is 1. The molecule has 2 fully saturated rings. The summed E-state index contributed by atoms with van der Waals surface area (Å²) in [6.45, 7) is 5.37. The summed E-state index contributed by atoms with van der Waals surface area (Å²) >= 11 is 0. The minimum atomic E-state index is 0.0291. The fourth-order valence-corrected chi connectivity index (χ4v) is 3.79. The van der Waals surface area contributed by atoms with E-state index >= 15 is 0 Å². The number of hydrogen-bond donors (Lipinski definition) is 1. The molecule has 2 saturated heterocycles. The van der Waals surface area contributed by atoms with Gasteiger partial charge in [-0.1, -0.05) is 6.42 Å². The number of rotatable bonds is 6. The molecule has 2 heterocycles. The average Bonchev–Trinajstić information content (AvgIpc) is 2.65. The molecule has 2 aliphatic rings. The van der Waals surface area contributed by atoms with Crippen molar-refractivity contribution in [1.29, 1.82) is 0 Å². The Morgan fingerprint density at radius 3 is 2.60 bits per heavy atom. The first kappa shape index (κ1) is 18.0. The first-order valence-corrected chi connectivity index (χ1v) is 9.17. The zero-order chi connectivity index (χ0) is 17.6. The lowest BCUT2D eigenvalue weighted by molar-refractivity contribution is -0.116. The molecule has 0 unspecified atom stereocenters. The number of nitrogens with one attached hydrogen (secondary N) is 1. The van der Waals surface area contributed by atoms with E-state index in [9.17, 15) is 4.79 Å². The molecule has 0 spiro atoms. The topological polar surface area (TPSA) is 54.0 Å². The van der Waals surface area contributed by atoms with Gasteiger partial charge < -0.3 is 14.8 Å². The lowest BCUT2D eigenvalue weighted by Gasteiger charge is -2.44. The number of carbonyl (C=O) groups is 1. The second-order valence-electron chi connectivity index (χ2n) is 6.89. The van der Waals surface area contributed by atoms with E-state index in [4.69, 9.17) is 9.47 Å². The quantitative estimate of drug-likeness (QED) is 0.855. The smallest absolute Gasteiger partial charge is 0.225 e. The Kier molecular flexibility index (Phi) is 6.15. The first-order valence-electron chi connectivity index (χ1n) is 9.17. The van der Waals surface area contributed by atoms with Gasteiger partial charge in [0.15, 0.2) is 0 Å². The molecule has 6 nitrogen and oxygen atoms in total. The monoisotopic (exact) mass is 347 g/mol. The number of carbonyl (C=O) groups excluding carboxylic acids is 1. The van der Waals surface area contributed by atoms with Crippen molar-refractivity contribution in [3.8, 4) is 11.5 Å². The van der Waals surface area contributed by atoms with Crippen LogP contribution < -0.4 is 14.8 Å². The molecule has 0 aliphatic carbocycles. The Morgan fingerprint density at radius 2 is 1.88 bits per heavy atom. The second kappa shape index (κ2) is 8.54. The van der Waals surface area contributed by atoms with Gasteiger partial charge >= 0.3 is 0 Å². The highest BCUT2D eigenvalue weighted by Gasteiger charge is 2.28. The molecule has 1 aromatic rings. The lowest BCUT2D eigenvalue weighted by atomic mass is 9.99. The predicted octanol–water partition coefficient (Wildman–Crippen LogP) is 2.20.